The van der Waals surface area contributed by atoms with Gasteiger partial charge in [0.1, 0.15) is 0 Å². The Morgan fingerprint density at radius 3 is 1.95 bits per heavy atom. The van der Waals surface area contributed by atoms with Crippen LogP contribution in [-0.2, 0) is 10.1 Å². The molecule has 0 spiro atoms. The second-order valence-corrected chi connectivity index (χ2v) is 6.73. The topological polar surface area (TPSA) is 57.6 Å². The lowest BCUT2D eigenvalue weighted by molar-refractivity contribution is -0.0510. The Balaban J connectivity index is 0.000000433. The molecule has 1 aliphatic rings. The number of rotatable bonds is 5. The van der Waals surface area contributed by atoms with E-state index in [-0.39, 0.29) is 0 Å². The van der Waals surface area contributed by atoms with Gasteiger partial charge in [0.25, 0.3) is 0 Å². The fourth-order valence-corrected chi connectivity index (χ4v) is 2.20. The smallest absolute Gasteiger partial charge is 0.303 e. The summed E-state index contributed by atoms with van der Waals surface area (Å²) >= 11 is 0. The van der Waals surface area contributed by atoms with Crippen LogP contribution >= 0.6 is 0 Å². The van der Waals surface area contributed by atoms with Gasteiger partial charge in [0.05, 0.1) is 0 Å². The number of unbranched alkanes of at least 4 members (excludes halogenated alkanes) is 2. The van der Waals surface area contributed by atoms with Gasteiger partial charge >= 0.3 is 15.6 Å². The number of piperidine rings is 1. The van der Waals surface area contributed by atoms with Crippen LogP contribution in [0.15, 0.2) is 0 Å². The Bertz CT molecular complexity index is 361. The lowest BCUT2D eigenvalue weighted by Gasteiger charge is -2.31. The van der Waals surface area contributed by atoms with E-state index in [2.05, 4.69) is 18.7 Å². The molecule has 8 heteroatoms. The highest BCUT2D eigenvalue weighted by Gasteiger charge is 2.44. The van der Waals surface area contributed by atoms with Crippen LogP contribution in [0, 0.1) is 5.92 Å². The molecule has 1 heterocycles. The molecule has 21 heavy (non-hydrogen) atoms. The van der Waals surface area contributed by atoms with Crippen LogP contribution in [0.25, 0.3) is 0 Å². The Morgan fingerprint density at radius 1 is 1.14 bits per heavy atom. The number of likely N-dealkylation sites (tertiary alicyclic amines) is 1. The number of nitrogens with zero attached hydrogens (tertiary/aromatic N) is 1. The molecule has 0 aliphatic carbocycles. The van der Waals surface area contributed by atoms with Gasteiger partial charge in [0.15, 0.2) is 0 Å². The van der Waals surface area contributed by atoms with Crippen molar-refractivity contribution in [2.75, 3.05) is 19.6 Å². The predicted octanol–water partition coefficient (Wildman–Crippen LogP) is 3.69. The van der Waals surface area contributed by atoms with Crippen LogP contribution in [0.5, 0.6) is 0 Å². The van der Waals surface area contributed by atoms with Crippen LogP contribution in [0.1, 0.15) is 52.4 Å². The van der Waals surface area contributed by atoms with Crippen molar-refractivity contribution in [1.82, 2.24) is 4.90 Å². The van der Waals surface area contributed by atoms with Crippen LogP contribution in [0.4, 0.5) is 13.2 Å². The summed E-state index contributed by atoms with van der Waals surface area (Å²) in [6.07, 6.45) is 8.46. The largest absolute Gasteiger partial charge is 0.522 e. The maximum atomic E-state index is 10.7. The van der Waals surface area contributed by atoms with Crippen molar-refractivity contribution in [2.45, 2.75) is 57.9 Å². The zero-order chi connectivity index (χ0) is 16.5. The molecule has 4 nitrogen and oxygen atoms in total. The first-order valence-corrected chi connectivity index (χ1v) is 8.81. The van der Waals surface area contributed by atoms with Gasteiger partial charge in [-0.2, -0.15) is 21.6 Å². The van der Waals surface area contributed by atoms with E-state index in [0.29, 0.717) is 0 Å². The van der Waals surface area contributed by atoms with E-state index >= 15 is 0 Å². The predicted molar refractivity (Wildman–Crippen MR) is 76.6 cm³/mol. The maximum absolute atomic E-state index is 10.7. The number of alkyl halides is 3. The van der Waals surface area contributed by atoms with Gasteiger partial charge in [-0.3, -0.25) is 4.55 Å². The van der Waals surface area contributed by atoms with Gasteiger partial charge in [0.2, 0.25) is 0 Å². The van der Waals surface area contributed by atoms with Crippen molar-refractivity contribution in [2.24, 2.45) is 5.92 Å². The highest BCUT2D eigenvalue weighted by molar-refractivity contribution is 7.86. The van der Waals surface area contributed by atoms with Crippen LogP contribution < -0.4 is 0 Å². The first-order valence-electron chi connectivity index (χ1n) is 7.37. The van der Waals surface area contributed by atoms with E-state index in [1.807, 2.05) is 0 Å². The molecular weight excluding hydrogens is 307 g/mol. The molecule has 1 N–H and O–H groups in total. The Kier molecular flexibility index (Phi) is 9.48. The SMILES string of the molecule is CCCCCN1CCC(CC)CC1.O=S(=O)(O)C(F)(F)F. The second-order valence-electron chi connectivity index (χ2n) is 5.32. The highest BCUT2D eigenvalue weighted by atomic mass is 32.2. The molecule has 0 bridgehead atoms. The van der Waals surface area contributed by atoms with E-state index in [4.69, 9.17) is 13.0 Å². The minimum atomic E-state index is -5.84. The molecule has 0 amide bonds. The van der Waals surface area contributed by atoms with Gasteiger partial charge in [-0.1, -0.05) is 33.1 Å². The first kappa shape index (κ1) is 20.7. The zero-order valence-electron chi connectivity index (χ0n) is 12.7. The van der Waals surface area contributed by atoms with Gasteiger partial charge < -0.3 is 4.90 Å². The third-order valence-electron chi connectivity index (χ3n) is 3.65. The van der Waals surface area contributed by atoms with Crippen molar-refractivity contribution in [1.29, 1.82) is 0 Å². The van der Waals surface area contributed by atoms with Gasteiger partial charge in [-0.25, -0.2) is 0 Å². The first-order chi connectivity index (χ1) is 9.61. The lowest BCUT2D eigenvalue weighted by Crippen LogP contribution is -2.34. The van der Waals surface area contributed by atoms with Crippen molar-refractivity contribution in [3.05, 3.63) is 0 Å². The van der Waals surface area contributed by atoms with Crippen molar-refractivity contribution >= 4 is 10.1 Å². The molecule has 128 valence electrons. The molecule has 0 radical (unpaired) electrons. The summed E-state index contributed by atoms with van der Waals surface area (Å²) < 4.78 is 57.5. The Hall–Kier alpha value is -0.340. The van der Waals surface area contributed by atoms with Crippen LogP contribution in [0.3, 0.4) is 0 Å². The summed E-state index contributed by atoms with van der Waals surface area (Å²) in [6.45, 7) is 8.69. The molecule has 0 atom stereocenters. The quantitative estimate of drug-likeness (QED) is 0.473. The monoisotopic (exact) mass is 333 g/mol. The third kappa shape index (κ3) is 9.31. The van der Waals surface area contributed by atoms with Crippen molar-refractivity contribution in [3.63, 3.8) is 0 Å². The Labute approximate surface area is 125 Å². The fourth-order valence-electron chi connectivity index (χ4n) is 2.20. The molecule has 1 aliphatic heterocycles. The molecule has 1 rings (SSSR count). The van der Waals surface area contributed by atoms with Gasteiger partial charge in [0, 0.05) is 0 Å². The molecular formula is C13H26F3NO3S. The average molecular weight is 333 g/mol. The van der Waals surface area contributed by atoms with E-state index < -0.39 is 15.6 Å². The minimum Gasteiger partial charge on any atom is -0.303 e. The van der Waals surface area contributed by atoms with Crippen LogP contribution in [0.2, 0.25) is 0 Å². The molecule has 0 aromatic carbocycles. The third-order valence-corrected chi connectivity index (χ3v) is 4.24. The minimum absolute atomic E-state index is 1.03. The Morgan fingerprint density at radius 2 is 1.62 bits per heavy atom. The summed E-state index contributed by atoms with van der Waals surface area (Å²) in [6, 6.07) is 0. The summed E-state index contributed by atoms with van der Waals surface area (Å²) in [7, 11) is -5.84. The van der Waals surface area contributed by atoms with Crippen LogP contribution in [-0.4, -0.2) is 43.0 Å². The summed E-state index contributed by atoms with van der Waals surface area (Å²) in [5.74, 6) is 1.03. The number of hydrogen-bond donors (Lipinski definition) is 1. The normalized spacial score (nSPS) is 18.2. The molecule has 1 saturated heterocycles. The van der Waals surface area contributed by atoms with Crippen molar-refractivity contribution in [3.8, 4) is 0 Å². The molecule has 0 aromatic rings. The van der Waals surface area contributed by atoms with Crippen molar-refractivity contribution < 1.29 is 26.1 Å². The highest BCUT2D eigenvalue weighted by Crippen LogP contribution is 2.21. The molecule has 0 aromatic heterocycles. The molecule has 1 fully saturated rings. The molecule has 0 saturated carbocycles. The standard InChI is InChI=1S/C12H25N.CHF3O3S/c1-3-5-6-9-13-10-7-12(4-2)8-11-13;2-1(3,4)8(5,6)7/h12H,3-11H2,1-2H3;(H,5,6,7). The lowest BCUT2D eigenvalue weighted by atomic mass is 9.94. The maximum Gasteiger partial charge on any atom is 0.522 e. The van der Waals surface area contributed by atoms with E-state index in [0.717, 1.165) is 5.92 Å². The number of hydrogen-bond acceptors (Lipinski definition) is 3. The fraction of sp³-hybridized carbons (Fsp3) is 1.00. The van der Waals surface area contributed by atoms with E-state index in [1.54, 1.807) is 0 Å². The zero-order valence-corrected chi connectivity index (χ0v) is 13.5. The second kappa shape index (κ2) is 9.63. The molecule has 0 unspecified atom stereocenters. The average Bonchev–Trinajstić information content (AvgIpc) is 2.38. The summed E-state index contributed by atoms with van der Waals surface area (Å²) in [5, 5.41) is 0. The summed E-state index contributed by atoms with van der Waals surface area (Å²) in [5.41, 5.74) is -5.53. The summed E-state index contributed by atoms with van der Waals surface area (Å²) in [4.78, 5) is 2.65. The van der Waals surface area contributed by atoms with Gasteiger partial charge in [-0.15, -0.1) is 0 Å². The number of halogens is 3. The van der Waals surface area contributed by atoms with E-state index in [1.165, 1.54) is 58.2 Å². The van der Waals surface area contributed by atoms with Gasteiger partial charge in [-0.05, 0) is 44.8 Å². The van der Waals surface area contributed by atoms with E-state index in [9.17, 15) is 13.2 Å².